The average molecular weight is 476 g/mol. The van der Waals surface area contributed by atoms with Crippen molar-refractivity contribution in [2.45, 2.75) is 72.8 Å². The highest BCUT2D eigenvalue weighted by atomic mass is 32.2. The average Bonchev–Trinajstić information content (AvgIpc) is 2.72. The van der Waals surface area contributed by atoms with Crippen molar-refractivity contribution in [3.8, 4) is 5.75 Å². The van der Waals surface area contributed by atoms with Crippen molar-refractivity contribution >= 4 is 15.7 Å². The van der Waals surface area contributed by atoms with Crippen LogP contribution in [0.4, 0.5) is 5.69 Å². The summed E-state index contributed by atoms with van der Waals surface area (Å²) in [5, 5.41) is 10.3. The van der Waals surface area contributed by atoms with E-state index in [1.807, 2.05) is 46.8 Å². The Morgan fingerprint density at radius 3 is 1.91 bits per heavy atom. The molecule has 5 nitrogen and oxygen atoms in total. The minimum Gasteiger partial charge on any atom is -0.491 e. The minimum atomic E-state index is -3.32. The predicted octanol–water partition coefficient (Wildman–Crippen LogP) is 5.59. The lowest BCUT2D eigenvalue weighted by Crippen LogP contribution is -2.32. The summed E-state index contributed by atoms with van der Waals surface area (Å²) < 4.78 is 31.3. The van der Waals surface area contributed by atoms with Crippen LogP contribution in [-0.4, -0.2) is 39.5 Å². The van der Waals surface area contributed by atoms with Crippen molar-refractivity contribution in [1.82, 2.24) is 0 Å². The summed E-state index contributed by atoms with van der Waals surface area (Å²) in [6, 6.07) is 12.4. The lowest BCUT2D eigenvalue weighted by molar-refractivity contribution is 0.0216. The van der Waals surface area contributed by atoms with Crippen LogP contribution in [0, 0.1) is 19.3 Å². The number of aryl methyl sites for hydroxylation is 2. The Hall–Kier alpha value is -2.05. The summed E-state index contributed by atoms with van der Waals surface area (Å²) in [5.41, 5.74) is 4.61. The fraction of sp³-hybridized carbons (Fsp3) is 0.556. The van der Waals surface area contributed by atoms with Gasteiger partial charge in [0, 0.05) is 12.5 Å². The van der Waals surface area contributed by atoms with E-state index in [0.717, 1.165) is 29.7 Å². The number of aliphatic hydroxyl groups is 1. The first-order valence-electron chi connectivity index (χ1n) is 11.6. The summed E-state index contributed by atoms with van der Waals surface area (Å²) in [5.74, 6) is 0.782. The van der Waals surface area contributed by atoms with Gasteiger partial charge >= 0.3 is 0 Å². The van der Waals surface area contributed by atoms with E-state index in [1.165, 1.54) is 21.7 Å². The Labute approximate surface area is 200 Å². The van der Waals surface area contributed by atoms with Crippen LogP contribution in [-0.2, 0) is 15.4 Å². The van der Waals surface area contributed by atoms with Crippen LogP contribution in [0.1, 0.15) is 69.7 Å². The van der Waals surface area contributed by atoms with Crippen LogP contribution in [0.25, 0.3) is 0 Å². The van der Waals surface area contributed by atoms with Crippen LogP contribution in [0.3, 0.4) is 0 Å². The van der Waals surface area contributed by atoms with Crippen molar-refractivity contribution in [2.75, 3.05) is 24.2 Å². The maximum Gasteiger partial charge on any atom is 0.232 e. The maximum absolute atomic E-state index is 12.0. The molecule has 0 aromatic heterocycles. The van der Waals surface area contributed by atoms with Crippen molar-refractivity contribution < 1.29 is 18.3 Å². The molecule has 0 saturated heterocycles. The summed E-state index contributed by atoms with van der Waals surface area (Å²) in [6.45, 7) is 14.6. The lowest BCUT2D eigenvalue weighted by atomic mass is 9.70. The molecule has 0 radical (unpaired) electrons. The monoisotopic (exact) mass is 475 g/mol. The summed E-state index contributed by atoms with van der Waals surface area (Å²) >= 11 is 0. The lowest BCUT2D eigenvalue weighted by Gasteiger charge is -2.35. The number of rotatable bonds is 9. The maximum atomic E-state index is 12.0. The second kappa shape index (κ2) is 10.1. The fourth-order valence-corrected chi connectivity index (χ4v) is 4.81. The molecule has 1 N–H and O–H groups in total. The summed E-state index contributed by atoms with van der Waals surface area (Å²) in [4.78, 5) is 0. The molecule has 6 heteroatoms. The van der Waals surface area contributed by atoms with Gasteiger partial charge in [0.2, 0.25) is 10.0 Å². The zero-order chi connectivity index (χ0) is 25.2. The van der Waals surface area contributed by atoms with Gasteiger partial charge in [-0.3, -0.25) is 4.31 Å². The van der Waals surface area contributed by atoms with E-state index in [2.05, 4.69) is 38.1 Å². The van der Waals surface area contributed by atoms with Gasteiger partial charge in [-0.15, -0.1) is 0 Å². The molecule has 0 saturated carbocycles. The molecule has 0 bridgehead atoms. The zero-order valence-electron chi connectivity index (χ0n) is 21.7. The molecule has 0 amide bonds. The number of nitrogens with zero attached hydrogens (tertiary/aromatic N) is 1. The van der Waals surface area contributed by atoms with Gasteiger partial charge in [-0.25, -0.2) is 8.42 Å². The van der Waals surface area contributed by atoms with Gasteiger partial charge in [-0.05, 0) is 66.5 Å². The van der Waals surface area contributed by atoms with Crippen LogP contribution < -0.4 is 9.04 Å². The van der Waals surface area contributed by atoms with E-state index in [0.29, 0.717) is 5.69 Å². The van der Waals surface area contributed by atoms with E-state index < -0.39 is 16.1 Å². The van der Waals surface area contributed by atoms with Gasteiger partial charge in [0.25, 0.3) is 0 Å². The third kappa shape index (κ3) is 5.90. The molecule has 1 atom stereocenters. The molecular formula is C27H41NO4S. The Morgan fingerprint density at radius 2 is 1.48 bits per heavy atom. The highest BCUT2D eigenvalue weighted by molar-refractivity contribution is 7.92. The summed E-state index contributed by atoms with van der Waals surface area (Å²) in [6.07, 6.45) is 2.49. The van der Waals surface area contributed by atoms with Crippen molar-refractivity contribution in [3.05, 3.63) is 58.7 Å². The highest BCUT2D eigenvalue weighted by Gasteiger charge is 2.32. The van der Waals surface area contributed by atoms with Gasteiger partial charge in [0.05, 0.1) is 18.0 Å². The molecule has 0 aliphatic rings. The molecule has 2 aromatic carbocycles. The molecule has 184 valence electrons. The first kappa shape index (κ1) is 27.2. The number of hydrogen-bond acceptors (Lipinski definition) is 4. The standard InChI is InChI=1S/C27H41NO4S/c1-10-27(11-2,21-12-14-23(19(3)16-21)28(8)33(9,30)31)22-13-15-24(20(4)17-22)32-18-25(29)26(5,6)7/h12-17,25,29H,10-11,18H2,1-9H3. The first-order chi connectivity index (χ1) is 15.2. The van der Waals surface area contributed by atoms with Crippen LogP contribution >= 0.6 is 0 Å². The second-order valence-electron chi connectivity index (χ2n) is 10.2. The van der Waals surface area contributed by atoms with Gasteiger partial charge in [0.15, 0.2) is 0 Å². The van der Waals surface area contributed by atoms with E-state index in [-0.39, 0.29) is 17.4 Å². The first-order valence-corrected chi connectivity index (χ1v) is 13.5. The van der Waals surface area contributed by atoms with Crippen LogP contribution in [0.5, 0.6) is 5.75 Å². The predicted molar refractivity (Wildman–Crippen MR) is 138 cm³/mol. The molecular weight excluding hydrogens is 434 g/mol. The Bertz CT molecular complexity index is 1070. The topological polar surface area (TPSA) is 66.8 Å². The number of anilines is 1. The molecule has 33 heavy (non-hydrogen) atoms. The highest BCUT2D eigenvalue weighted by Crippen LogP contribution is 2.41. The Morgan fingerprint density at radius 1 is 0.970 bits per heavy atom. The Balaban J connectivity index is 2.43. The number of hydrogen-bond donors (Lipinski definition) is 1. The molecule has 0 aliphatic carbocycles. The van der Waals surface area contributed by atoms with Gasteiger partial charge < -0.3 is 9.84 Å². The van der Waals surface area contributed by atoms with E-state index in [1.54, 1.807) is 7.05 Å². The van der Waals surface area contributed by atoms with Crippen molar-refractivity contribution in [3.63, 3.8) is 0 Å². The van der Waals surface area contributed by atoms with Crippen LogP contribution in [0.15, 0.2) is 36.4 Å². The largest absolute Gasteiger partial charge is 0.491 e. The van der Waals surface area contributed by atoms with Crippen molar-refractivity contribution in [2.24, 2.45) is 5.41 Å². The molecule has 2 aromatic rings. The van der Waals surface area contributed by atoms with Crippen molar-refractivity contribution in [1.29, 1.82) is 0 Å². The SMILES string of the molecule is CCC(CC)(c1ccc(OCC(O)C(C)(C)C)c(C)c1)c1ccc(N(C)S(C)(=O)=O)c(C)c1. The van der Waals surface area contributed by atoms with E-state index in [9.17, 15) is 13.5 Å². The summed E-state index contributed by atoms with van der Waals surface area (Å²) in [7, 11) is -1.73. The quantitative estimate of drug-likeness (QED) is 0.513. The third-order valence-electron chi connectivity index (χ3n) is 6.92. The Kier molecular flexibility index (Phi) is 8.29. The van der Waals surface area contributed by atoms with Gasteiger partial charge in [0.1, 0.15) is 12.4 Å². The fourth-order valence-electron chi connectivity index (χ4n) is 4.25. The minimum absolute atomic E-state index is 0.193. The molecule has 0 heterocycles. The molecule has 0 spiro atoms. The number of aliphatic hydroxyl groups excluding tert-OH is 1. The number of ether oxygens (including phenoxy) is 1. The van der Waals surface area contributed by atoms with Gasteiger partial charge in [-0.1, -0.05) is 58.9 Å². The van der Waals surface area contributed by atoms with E-state index in [4.69, 9.17) is 4.74 Å². The smallest absolute Gasteiger partial charge is 0.232 e. The molecule has 0 aliphatic heterocycles. The third-order valence-corrected chi connectivity index (χ3v) is 8.11. The number of sulfonamides is 1. The molecule has 0 fully saturated rings. The van der Waals surface area contributed by atoms with E-state index >= 15 is 0 Å². The normalized spacial score (nSPS) is 13.6. The second-order valence-corrected chi connectivity index (χ2v) is 12.2. The van der Waals surface area contributed by atoms with Gasteiger partial charge in [-0.2, -0.15) is 0 Å². The van der Waals surface area contributed by atoms with Crippen LogP contribution in [0.2, 0.25) is 0 Å². The molecule has 2 rings (SSSR count). The zero-order valence-corrected chi connectivity index (χ0v) is 22.5. The molecule has 1 unspecified atom stereocenters. The number of benzene rings is 2.